The van der Waals surface area contributed by atoms with Crippen molar-refractivity contribution in [2.24, 2.45) is 0 Å². The molecular weight excluding hydrogens is 248 g/mol. The first-order valence-corrected chi connectivity index (χ1v) is 6.82. The predicted octanol–water partition coefficient (Wildman–Crippen LogP) is 2.31. The summed E-state index contributed by atoms with van der Waals surface area (Å²) in [4.78, 5) is 9.84. The van der Waals surface area contributed by atoms with E-state index >= 15 is 0 Å². The highest BCUT2D eigenvalue weighted by molar-refractivity contribution is 7.16. The number of hydrogen-bond donors (Lipinski definition) is 3. The van der Waals surface area contributed by atoms with Crippen molar-refractivity contribution in [1.29, 1.82) is 0 Å². The Morgan fingerprint density at radius 3 is 2.83 bits per heavy atom. The van der Waals surface area contributed by atoms with Gasteiger partial charge in [-0.05, 0) is 32.2 Å². The van der Waals surface area contributed by atoms with Crippen molar-refractivity contribution in [3.8, 4) is 0 Å². The first kappa shape index (κ1) is 13.0. The van der Waals surface area contributed by atoms with Gasteiger partial charge in [0.05, 0.1) is 17.5 Å². The zero-order valence-corrected chi connectivity index (χ0v) is 11.6. The van der Waals surface area contributed by atoms with E-state index in [1.807, 2.05) is 32.2 Å². The second-order valence-electron chi connectivity index (χ2n) is 4.73. The third-order valence-electron chi connectivity index (χ3n) is 2.51. The van der Waals surface area contributed by atoms with E-state index in [-0.39, 0.29) is 6.61 Å². The second-order valence-corrected chi connectivity index (χ2v) is 5.63. The van der Waals surface area contributed by atoms with Crippen LogP contribution < -0.4 is 10.6 Å². The monoisotopic (exact) mass is 266 g/mol. The number of hydrogen-bond acceptors (Lipinski definition) is 6. The number of nitrogens with one attached hydrogen (secondary N) is 2. The molecule has 0 saturated heterocycles. The van der Waals surface area contributed by atoms with Gasteiger partial charge in [-0.25, -0.2) is 4.98 Å². The zero-order valence-electron chi connectivity index (χ0n) is 10.8. The van der Waals surface area contributed by atoms with Gasteiger partial charge in [-0.3, -0.25) is 0 Å². The first-order chi connectivity index (χ1) is 8.55. The van der Waals surface area contributed by atoms with Crippen LogP contribution in [0, 0.1) is 0 Å². The van der Waals surface area contributed by atoms with Crippen LogP contribution in [0.2, 0.25) is 0 Å². The molecule has 2 heterocycles. The topological polar surface area (TPSA) is 70.1 Å². The predicted molar refractivity (Wildman–Crippen MR) is 76.4 cm³/mol. The average Bonchev–Trinajstić information content (AvgIpc) is 2.77. The van der Waals surface area contributed by atoms with E-state index in [9.17, 15) is 5.11 Å². The van der Waals surface area contributed by atoms with Gasteiger partial charge in [0.25, 0.3) is 0 Å². The van der Waals surface area contributed by atoms with E-state index in [1.54, 1.807) is 11.3 Å². The van der Waals surface area contributed by atoms with Gasteiger partial charge in [0, 0.05) is 6.54 Å². The summed E-state index contributed by atoms with van der Waals surface area (Å²) in [6.45, 7) is 6.69. The molecule has 0 spiro atoms. The van der Waals surface area contributed by atoms with Crippen molar-refractivity contribution in [2.45, 2.75) is 26.3 Å². The van der Waals surface area contributed by atoms with E-state index in [0.717, 1.165) is 22.6 Å². The maximum Gasteiger partial charge on any atom is 0.226 e. The molecule has 0 fully saturated rings. The second kappa shape index (κ2) is 5.07. The van der Waals surface area contributed by atoms with E-state index in [1.165, 1.54) is 0 Å². The normalized spacial score (nSPS) is 11.8. The van der Waals surface area contributed by atoms with Crippen molar-refractivity contribution < 1.29 is 5.11 Å². The molecule has 0 aromatic carbocycles. The van der Waals surface area contributed by atoms with Gasteiger partial charge >= 0.3 is 0 Å². The lowest BCUT2D eigenvalue weighted by molar-refractivity contribution is 0.234. The van der Waals surface area contributed by atoms with E-state index in [4.69, 9.17) is 0 Å². The molecule has 0 amide bonds. The Balaban J connectivity index is 2.43. The summed E-state index contributed by atoms with van der Waals surface area (Å²) in [6, 6.07) is 1.99. The van der Waals surface area contributed by atoms with Crippen LogP contribution in [0.3, 0.4) is 0 Å². The van der Waals surface area contributed by atoms with Gasteiger partial charge in [0.15, 0.2) is 0 Å². The van der Waals surface area contributed by atoms with Crippen LogP contribution in [-0.4, -0.2) is 33.8 Å². The summed E-state index contributed by atoms with van der Waals surface area (Å²) < 4.78 is 0. The molecule has 2 rings (SSSR count). The minimum atomic E-state index is -0.410. The molecule has 0 saturated carbocycles. The van der Waals surface area contributed by atoms with Gasteiger partial charge in [0.2, 0.25) is 5.95 Å². The van der Waals surface area contributed by atoms with Crippen LogP contribution in [0.15, 0.2) is 11.4 Å². The molecule has 0 bridgehead atoms. The molecule has 6 heteroatoms. The Bertz CT molecular complexity index is 538. The molecule has 3 N–H and O–H groups in total. The maximum atomic E-state index is 9.33. The third kappa shape index (κ3) is 2.70. The molecule has 0 unspecified atom stereocenters. The van der Waals surface area contributed by atoms with Crippen LogP contribution >= 0.6 is 11.3 Å². The number of aliphatic hydroxyl groups is 1. The molecule has 0 radical (unpaired) electrons. The van der Waals surface area contributed by atoms with E-state index in [2.05, 4.69) is 20.6 Å². The maximum absolute atomic E-state index is 9.33. The lowest BCUT2D eigenvalue weighted by Crippen LogP contribution is -2.35. The molecule has 0 atom stereocenters. The fourth-order valence-electron chi connectivity index (χ4n) is 1.55. The van der Waals surface area contributed by atoms with Crippen LogP contribution in [0.5, 0.6) is 0 Å². The molecule has 0 aliphatic rings. The molecule has 5 nitrogen and oxygen atoms in total. The highest BCUT2D eigenvalue weighted by atomic mass is 32.1. The van der Waals surface area contributed by atoms with Crippen molar-refractivity contribution in [3.63, 3.8) is 0 Å². The molecule has 0 aliphatic carbocycles. The Morgan fingerprint density at radius 2 is 2.17 bits per heavy atom. The van der Waals surface area contributed by atoms with Crippen molar-refractivity contribution in [3.05, 3.63) is 11.4 Å². The molecule has 2 aromatic rings. The highest BCUT2D eigenvalue weighted by Gasteiger charge is 2.19. The lowest BCUT2D eigenvalue weighted by atomic mass is 10.1. The van der Waals surface area contributed by atoms with Crippen molar-refractivity contribution in [2.75, 3.05) is 23.8 Å². The average molecular weight is 266 g/mol. The van der Waals surface area contributed by atoms with Crippen molar-refractivity contribution >= 4 is 33.3 Å². The summed E-state index contributed by atoms with van der Waals surface area (Å²) in [5.41, 5.74) is -0.410. The van der Waals surface area contributed by atoms with Gasteiger partial charge in [-0.1, -0.05) is 0 Å². The van der Waals surface area contributed by atoms with Crippen LogP contribution in [-0.2, 0) is 0 Å². The first-order valence-electron chi connectivity index (χ1n) is 5.94. The smallest absolute Gasteiger partial charge is 0.226 e. The lowest BCUT2D eigenvalue weighted by Gasteiger charge is -2.24. The Hall–Kier alpha value is -1.40. The molecular formula is C12H18N4OS. The van der Waals surface area contributed by atoms with Gasteiger partial charge in [-0.15, -0.1) is 11.3 Å². The quantitative estimate of drug-likeness (QED) is 0.774. The molecule has 2 aromatic heterocycles. The van der Waals surface area contributed by atoms with Crippen LogP contribution in [0.25, 0.3) is 10.2 Å². The summed E-state index contributed by atoms with van der Waals surface area (Å²) >= 11 is 1.58. The van der Waals surface area contributed by atoms with Crippen LogP contribution in [0.4, 0.5) is 11.8 Å². The summed E-state index contributed by atoms with van der Waals surface area (Å²) in [5.74, 6) is 1.37. The largest absolute Gasteiger partial charge is 0.394 e. The molecule has 18 heavy (non-hydrogen) atoms. The number of nitrogens with zero attached hydrogens (tertiary/aromatic N) is 2. The Labute approximate surface area is 110 Å². The highest BCUT2D eigenvalue weighted by Crippen LogP contribution is 2.28. The fourth-order valence-corrected chi connectivity index (χ4v) is 2.31. The number of thiophene rings is 1. The Kier molecular flexibility index (Phi) is 3.68. The SMILES string of the molecule is CCNc1nc(NC(C)(C)CO)c2ccsc2n1. The summed E-state index contributed by atoms with van der Waals surface area (Å²) in [5, 5.41) is 18.7. The third-order valence-corrected chi connectivity index (χ3v) is 3.32. The Morgan fingerprint density at radius 1 is 1.39 bits per heavy atom. The van der Waals surface area contributed by atoms with Crippen LogP contribution in [0.1, 0.15) is 20.8 Å². The number of rotatable bonds is 5. The number of aliphatic hydroxyl groups excluding tert-OH is 1. The van der Waals surface area contributed by atoms with E-state index in [0.29, 0.717) is 5.95 Å². The minimum Gasteiger partial charge on any atom is -0.394 e. The van der Waals surface area contributed by atoms with Gasteiger partial charge < -0.3 is 15.7 Å². The standard InChI is InChI=1S/C12H18N4OS/c1-4-13-11-14-9(16-12(2,3)7-17)8-5-6-18-10(8)15-11/h5-6,17H,4,7H2,1-3H3,(H2,13,14,15,16). The zero-order chi connectivity index (χ0) is 13.2. The number of aromatic nitrogens is 2. The molecule has 98 valence electrons. The number of anilines is 2. The summed E-state index contributed by atoms with van der Waals surface area (Å²) in [6.07, 6.45) is 0. The molecule has 0 aliphatic heterocycles. The van der Waals surface area contributed by atoms with Crippen molar-refractivity contribution in [1.82, 2.24) is 9.97 Å². The fraction of sp³-hybridized carbons (Fsp3) is 0.500. The van der Waals surface area contributed by atoms with Gasteiger partial charge in [0.1, 0.15) is 10.6 Å². The minimum absolute atomic E-state index is 0.0408. The summed E-state index contributed by atoms with van der Waals surface area (Å²) in [7, 11) is 0. The number of fused-ring (bicyclic) bond motifs is 1. The van der Waals surface area contributed by atoms with Gasteiger partial charge in [-0.2, -0.15) is 4.98 Å². The van der Waals surface area contributed by atoms with E-state index < -0.39 is 5.54 Å².